The fraction of sp³-hybridized carbons (Fsp3) is 0.611. The Labute approximate surface area is 128 Å². The molecule has 1 aliphatic heterocycles. The van der Waals surface area contributed by atoms with Crippen molar-refractivity contribution in [1.82, 2.24) is 4.90 Å². The van der Waals surface area contributed by atoms with Crippen molar-refractivity contribution in [2.24, 2.45) is 0 Å². The Hall–Kier alpha value is -1.51. The number of amides is 1. The summed E-state index contributed by atoms with van der Waals surface area (Å²) in [6.45, 7) is 8.98. The number of anilines is 1. The van der Waals surface area contributed by atoms with Crippen LogP contribution >= 0.6 is 0 Å². The molecule has 116 valence electrons. The Morgan fingerprint density at radius 2 is 1.62 bits per heavy atom. The molecular weight excluding hydrogens is 260 g/mol. The number of carbonyl (C=O) groups excluding carboxylic acids is 1. The fourth-order valence-corrected chi connectivity index (χ4v) is 3.23. The van der Waals surface area contributed by atoms with Crippen molar-refractivity contribution in [3.63, 3.8) is 0 Å². The molecule has 1 fully saturated rings. The molecule has 1 aromatic carbocycles. The lowest BCUT2D eigenvalue weighted by Crippen LogP contribution is -2.33. The van der Waals surface area contributed by atoms with Crippen molar-refractivity contribution in [1.29, 1.82) is 0 Å². The van der Waals surface area contributed by atoms with Gasteiger partial charge in [0.25, 0.3) is 0 Å². The minimum atomic E-state index is 0.298. The molecule has 3 heteroatoms. The number of aryl methyl sites for hydroxylation is 3. The average Bonchev–Trinajstić information content (AvgIpc) is 2.70. The second-order valence-electron chi connectivity index (χ2n) is 6.25. The van der Waals surface area contributed by atoms with E-state index in [9.17, 15) is 4.79 Å². The van der Waals surface area contributed by atoms with E-state index in [4.69, 9.17) is 0 Å². The second kappa shape index (κ2) is 7.48. The van der Waals surface area contributed by atoms with Crippen LogP contribution in [-0.2, 0) is 4.79 Å². The van der Waals surface area contributed by atoms with Crippen molar-refractivity contribution in [3.05, 3.63) is 28.8 Å². The molecule has 0 atom stereocenters. The number of nitrogens with zero attached hydrogens (tertiary/aromatic N) is 1. The largest absolute Gasteiger partial charge is 0.384 e. The van der Waals surface area contributed by atoms with Crippen LogP contribution in [0.25, 0.3) is 0 Å². The average molecular weight is 288 g/mol. The van der Waals surface area contributed by atoms with Gasteiger partial charge in [0.05, 0.1) is 0 Å². The van der Waals surface area contributed by atoms with E-state index in [0.717, 1.165) is 32.5 Å². The number of hydrogen-bond acceptors (Lipinski definition) is 2. The van der Waals surface area contributed by atoms with Crippen molar-refractivity contribution in [3.8, 4) is 0 Å². The zero-order chi connectivity index (χ0) is 15.2. The molecule has 1 N–H and O–H groups in total. The molecule has 1 saturated heterocycles. The molecule has 21 heavy (non-hydrogen) atoms. The molecule has 3 nitrogen and oxygen atoms in total. The zero-order valence-corrected chi connectivity index (χ0v) is 13.7. The first kappa shape index (κ1) is 15.9. The standard InChI is InChI=1S/C18H28N2O/c1-14-12-15(2)18(16(3)13-14)19-9-8-17(21)20-10-6-4-5-7-11-20/h12-13,19H,4-11H2,1-3H3. The highest BCUT2D eigenvalue weighted by Gasteiger charge is 2.15. The summed E-state index contributed by atoms with van der Waals surface area (Å²) in [6.07, 6.45) is 5.45. The van der Waals surface area contributed by atoms with Crippen LogP contribution in [0, 0.1) is 20.8 Å². The lowest BCUT2D eigenvalue weighted by molar-refractivity contribution is -0.130. The van der Waals surface area contributed by atoms with Gasteiger partial charge >= 0.3 is 0 Å². The number of likely N-dealkylation sites (tertiary alicyclic amines) is 1. The number of rotatable bonds is 4. The Bertz CT molecular complexity index is 465. The van der Waals surface area contributed by atoms with Crippen LogP contribution in [0.1, 0.15) is 48.8 Å². The van der Waals surface area contributed by atoms with E-state index in [1.54, 1.807) is 0 Å². The van der Waals surface area contributed by atoms with Crippen LogP contribution in [0.5, 0.6) is 0 Å². The van der Waals surface area contributed by atoms with Crippen molar-refractivity contribution >= 4 is 11.6 Å². The normalized spacial score (nSPS) is 15.7. The number of carbonyl (C=O) groups is 1. The highest BCUT2D eigenvalue weighted by Crippen LogP contribution is 2.21. The van der Waals surface area contributed by atoms with Gasteiger partial charge in [-0.1, -0.05) is 30.5 Å². The lowest BCUT2D eigenvalue weighted by Gasteiger charge is -2.21. The van der Waals surface area contributed by atoms with Gasteiger partial charge in [0.1, 0.15) is 0 Å². The molecule has 0 bridgehead atoms. The van der Waals surface area contributed by atoms with Gasteiger partial charge in [0.15, 0.2) is 0 Å². The van der Waals surface area contributed by atoms with Gasteiger partial charge in [0, 0.05) is 31.7 Å². The number of benzene rings is 1. The summed E-state index contributed by atoms with van der Waals surface area (Å²) in [7, 11) is 0. The first-order valence-electron chi connectivity index (χ1n) is 8.17. The second-order valence-corrected chi connectivity index (χ2v) is 6.25. The summed E-state index contributed by atoms with van der Waals surface area (Å²) in [6, 6.07) is 4.37. The summed E-state index contributed by atoms with van der Waals surface area (Å²) >= 11 is 0. The zero-order valence-electron chi connectivity index (χ0n) is 13.7. The fourth-order valence-electron chi connectivity index (χ4n) is 3.23. The first-order valence-corrected chi connectivity index (χ1v) is 8.17. The SMILES string of the molecule is Cc1cc(C)c(NCCC(=O)N2CCCCCC2)c(C)c1. The molecule has 0 unspecified atom stereocenters. The maximum atomic E-state index is 12.3. The molecule has 0 aliphatic carbocycles. The molecule has 1 aromatic rings. The van der Waals surface area contributed by atoms with Crippen LogP contribution < -0.4 is 5.32 Å². The number of nitrogens with one attached hydrogen (secondary N) is 1. The summed E-state index contributed by atoms with van der Waals surface area (Å²) in [4.78, 5) is 14.3. The van der Waals surface area contributed by atoms with Gasteiger partial charge in [-0.05, 0) is 44.7 Å². The molecule has 2 rings (SSSR count). The molecule has 0 spiro atoms. The van der Waals surface area contributed by atoms with Gasteiger partial charge in [0.2, 0.25) is 5.91 Å². The molecular formula is C18H28N2O. The molecule has 1 aliphatic rings. The topological polar surface area (TPSA) is 32.3 Å². The van der Waals surface area contributed by atoms with Gasteiger partial charge < -0.3 is 10.2 Å². The van der Waals surface area contributed by atoms with E-state index in [-0.39, 0.29) is 0 Å². The highest BCUT2D eigenvalue weighted by atomic mass is 16.2. The minimum absolute atomic E-state index is 0.298. The van der Waals surface area contributed by atoms with Crippen molar-refractivity contribution < 1.29 is 4.79 Å². The third kappa shape index (κ3) is 4.48. The third-order valence-corrected chi connectivity index (χ3v) is 4.28. The van der Waals surface area contributed by atoms with E-state index in [1.165, 1.54) is 35.2 Å². The number of hydrogen-bond donors (Lipinski definition) is 1. The van der Waals surface area contributed by atoms with Gasteiger partial charge in [-0.3, -0.25) is 4.79 Å². The lowest BCUT2D eigenvalue weighted by atomic mass is 10.1. The summed E-state index contributed by atoms with van der Waals surface area (Å²) < 4.78 is 0. The van der Waals surface area contributed by atoms with Crippen LogP contribution in [0.4, 0.5) is 5.69 Å². The molecule has 0 saturated carbocycles. The first-order chi connectivity index (χ1) is 10.1. The van der Waals surface area contributed by atoms with Crippen LogP contribution in [-0.4, -0.2) is 30.4 Å². The molecule has 0 radical (unpaired) electrons. The van der Waals surface area contributed by atoms with E-state index >= 15 is 0 Å². The third-order valence-electron chi connectivity index (χ3n) is 4.28. The van der Waals surface area contributed by atoms with E-state index in [0.29, 0.717) is 12.3 Å². The summed E-state index contributed by atoms with van der Waals surface area (Å²) in [5, 5.41) is 3.45. The minimum Gasteiger partial charge on any atom is -0.384 e. The molecule has 0 aromatic heterocycles. The summed E-state index contributed by atoms with van der Waals surface area (Å²) in [5.41, 5.74) is 4.99. The van der Waals surface area contributed by atoms with Crippen molar-refractivity contribution in [2.45, 2.75) is 52.9 Å². The van der Waals surface area contributed by atoms with Crippen LogP contribution in [0.2, 0.25) is 0 Å². The maximum absolute atomic E-state index is 12.3. The van der Waals surface area contributed by atoms with E-state index < -0.39 is 0 Å². The van der Waals surface area contributed by atoms with Crippen LogP contribution in [0.3, 0.4) is 0 Å². The van der Waals surface area contributed by atoms with E-state index in [2.05, 4.69) is 38.2 Å². The van der Waals surface area contributed by atoms with Crippen molar-refractivity contribution in [2.75, 3.05) is 25.0 Å². The maximum Gasteiger partial charge on any atom is 0.224 e. The van der Waals surface area contributed by atoms with Gasteiger partial charge in [-0.2, -0.15) is 0 Å². The Morgan fingerprint density at radius 3 is 2.19 bits per heavy atom. The Balaban J connectivity index is 1.85. The Morgan fingerprint density at radius 1 is 1.05 bits per heavy atom. The Kier molecular flexibility index (Phi) is 5.66. The molecule has 1 heterocycles. The smallest absolute Gasteiger partial charge is 0.224 e. The quantitative estimate of drug-likeness (QED) is 0.913. The van der Waals surface area contributed by atoms with E-state index in [1.807, 2.05) is 4.90 Å². The van der Waals surface area contributed by atoms with Gasteiger partial charge in [-0.15, -0.1) is 0 Å². The highest BCUT2D eigenvalue weighted by molar-refractivity contribution is 5.77. The summed E-state index contributed by atoms with van der Waals surface area (Å²) in [5.74, 6) is 0.298. The van der Waals surface area contributed by atoms with Crippen LogP contribution in [0.15, 0.2) is 12.1 Å². The monoisotopic (exact) mass is 288 g/mol. The molecule has 1 amide bonds. The predicted octanol–water partition coefficient (Wildman–Crippen LogP) is 3.82. The predicted molar refractivity (Wildman–Crippen MR) is 88.8 cm³/mol. The van der Waals surface area contributed by atoms with Gasteiger partial charge in [-0.25, -0.2) is 0 Å².